The molecule has 4 nitrogen and oxygen atoms in total. The number of para-hydroxylation sites is 2. The Labute approximate surface area is 114 Å². The van der Waals surface area contributed by atoms with Gasteiger partial charge in [-0.2, -0.15) is 0 Å². The summed E-state index contributed by atoms with van der Waals surface area (Å²) in [5.41, 5.74) is 2.39. The summed E-state index contributed by atoms with van der Waals surface area (Å²) in [6, 6.07) is 11.1. The minimum absolute atomic E-state index is 0.131. The minimum atomic E-state index is -0.131. The minimum Gasteiger partial charge on any atom is -0.301 e. The Morgan fingerprint density at radius 3 is 2.68 bits per heavy atom. The standard InChI is InChI=1S/C14H10ClN3O/c15-13-6-5-10(7-17-13)9-18-12-4-2-1-3-11(12)16-8-14(18)19/h1-8H,9H2. The maximum Gasteiger partial charge on any atom is 0.269 e. The Morgan fingerprint density at radius 2 is 1.89 bits per heavy atom. The van der Waals surface area contributed by atoms with Gasteiger partial charge in [0.05, 0.1) is 23.8 Å². The highest BCUT2D eigenvalue weighted by Gasteiger charge is 2.04. The van der Waals surface area contributed by atoms with Gasteiger partial charge < -0.3 is 4.57 Å². The summed E-state index contributed by atoms with van der Waals surface area (Å²) in [4.78, 5) is 20.1. The average Bonchev–Trinajstić information content (AvgIpc) is 2.44. The molecule has 0 aliphatic rings. The van der Waals surface area contributed by atoms with E-state index in [2.05, 4.69) is 9.97 Å². The average molecular weight is 272 g/mol. The Balaban J connectivity index is 2.12. The molecule has 19 heavy (non-hydrogen) atoms. The zero-order chi connectivity index (χ0) is 13.2. The molecule has 0 amide bonds. The summed E-state index contributed by atoms with van der Waals surface area (Å²) in [6.07, 6.45) is 3.01. The van der Waals surface area contributed by atoms with Crippen LogP contribution in [0.1, 0.15) is 5.56 Å². The fourth-order valence-corrected chi connectivity index (χ4v) is 2.07. The molecule has 3 aromatic rings. The number of aromatic nitrogens is 3. The van der Waals surface area contributed by atoms with Crippen molar-refractivity contribution in [3.63, 3.8) is 0 Å². The number of rotatable bonds is 2. The summed E-state index contributed by atoms with van der Waals surface area (Å²) < 4.78 is 1.67. The van der Waals surface area contributed by atoms with Gasteiger partial charge in [0, 0.05) is 6.20 Å². The molecule has 0 atom stereocenters. The van der Waals surface area contributed by atoms with Gasteiger partial charge in [-0.3, -0.25) is 4.79 Å². The van der Waals surface area contributed by atoms with E-state index in [1.165, 1.54) is 6.20 Å². The Morgan fingerprint density at radius 1 is 1.05 bits per heavy atom. The maximum atomic E-state index is 12.0. The highest BCUT2D eigenvalue weighted by molar-refractivity contribution is 6.29. The molecule has 2 aromatic heterocycles. The number of halogens is 1. The SMILES string of the molecule is O=c1cnc2ccccc2n1Cc1ccc(Cl)nc1. The lowest BCUT2D eigenvalue weighted by atomic mass is 10.2. The number of nitrogens with zero attached hydrogens (tertiary/aromatic N) is 3. The predicted molar refractivity (Wildman–Crippen MR) is 74.4 cm³/mol. The van der Waals surface area contributed by atoms with Gasteiger partial charge in [-0.1, -0.05) is 29.8 Å². The van der Waals surface area contributed by atoms with Crippen LogP contribution in [0.2, 0.25) is 5.15 Å². The molecule has 0 bridgehead atoms. The number of hydrogen-bond donors (Lipinski definition) is 0. The van der Waals surface area contributed by atoms with E-state index >= 15 is 0 Å². The molecular formula is C14H10ClN3O. The van der Waals surface area contributed by atoms with Crippen molar-refractivity contribution >= 4 is 22.6 Å². The third-order valence-corrected chi connectivity index (χ3v) is 3.11. The molecule has 0 aliphatic carbocycles. The summed E-state index contributed by atoms with van der Waals surface area (Å²) in [5, 5.41) is 0.440. The Hall–Kier alpha value is -2.20. The number of fused-ring (bicyclic) bond motifs is 1. The first-order chi connectivity index (χ1) is 9.24. The van der Waals surface area contributed by atoms with Gasteiger partial charge in [-0.25, -0.2) is 9.97 Å². The molecule has 2 heterocycles. The van der Waals surface area contributed by atoms with Crippen LogP contribution in [-0.2, 0) is 6.54 Å². The Kier molecular flexibility index (Phi) is 3.01. The quantitative estimate of drug-likeness (QED) is 0.673. The van der Waals surface area contributed by atoms with Crippen molar-refractivity contribution in [3.05, 3.63) is 69.9 Å². The second kappa shape index (κ2) is 4.82. The van der Waals surface area contributed by atoms with Gasteiger partial charge in [0.25, 0.3) is 5.56 Å². The third-order valence-electron chi connectivity index (χ3n) is 2.88. The second-order valence-corrected chi connectivity index (χ2v) is 4.55. The number of benzene rings is 1. The van der Waals surface area contributed by atoms with E-state index in [1.807, 2.05) is 30.3 Å². The first-order valence-electron chi connectivity index (χ1n) is 5.79. The van der Waals surface area contributed by atoms with E-state index in [0.717, 1.165) is 16.6 Å². The molecule has 0 spiro atoms. The molecule has 0 fully saturated rings. The van der Waals surface area contributed by atoms with Crippen molar-refractivity contribution in [3.8, 4) is 0 Å². The first-order valence-corrected chi connectivity index (χ1v) is 6.17. The van der Waals surface area contributed by atoms with Gasteiger partial charge in [-0.05, 0) is 23.8 Å². The fourth-order valence-electron chi connectivity index (χ4n) is 1.96. The third kappa shape index (κ3) is 2.35. The molecule has 0 unspecified atom stereocenters. The van der Waals surface area contributed by atoms with E-state index in [1.54, 1.807) is 16.8 Å². The van der Waals surface area contributed by atoms with Crippen LogP contribution in [0.5, 0.6) is 0 Å². The van der Waals surface area contributed by atoms with Crippen LogP contribution >= 0.6 is 11.6 Å². The Bertz CT molecular complexity index is 781. The van der Waals surface area contributed by atoms with Crippen LogP contribution < -0.4 is 5.56 Å². The van der Waals surface area contributed by atoms with Crippen LogP contribution in [0, 0.1) is 0 Å². The van der Waals surface area contributed by atoms with Crippen molar-refractivity contribution in [2.75, 3.05) is 0 Å². The first kappa shape index (κ1) is 11.9. The highest BCUT2D eigenvalue weighted by Crippen LogP contribution is 2.11. The number of pyridine rings is 1. The molecule has 1 aromatic carbocycles. The molecule has 5 heteroatoms. The summed E-state index contributed by atoms with van der Waals surface area (Å²) >= 11 is 5.75. The van der Waals surface area contributed by atoms with Gasteiger partial charge in [0.2, 0.25) is 0 Å². The van der Waals surface area contributed by atoms with Crippen molar-refractivity contribution in [1.29, 1.82) is 0 Å². The molecule has 3 rings (SSSR count). The summed E-state index contributed by atoms with van der Waals surface area (Å²) in [6.45, 7) is 0.450. The largest absolute Gasteiger partial charge is 0.301 e. The van der Waals surface area contributed by atoms with E-state index < -0.39 is 0 Å². The smallest absolute Gasteiger partial charge is 0.269 e. The fraction of sp³-hybridized carbons (Fsp3) is 0.0714. The van der Waals surface area contributed by atoms with E-state index in [0.29, 0.717) is 11.7 Å². The molecule has 0 radical (unpaired) electrons. The van der Waals surface area contributed by atoms with E-state index in [-0.39, 0.29) is 5.56 Å². The van der Waals surface area contributed by atoms with E-state index in [9.17, 15) is 4.79 Å². The molecule has 0 saturated carbocycles. The predicted octanol–water partition coefficient (Wildman–Crippen LogP) is 2.49. The summed E-state index contributed by atoms with van der Waals surface area (Å²) in [5.74, 6) is 0. The van der Waals surface area contributed by atoms with Crippen LogP contribution in [0.15, 0.2) is 53.6 Å². The monoisotopic (exact) mass is 271 g/mol. The van der Waals surface area contributed by atoms with Gasteiger partial charge in [0.15, 0.2) is 0 Å². The lowest BCUT2D eigenvalue weighted by Crippen LogP contribution is -2.21. The second-order valence-electron chi connectivity index (χ2n) is 4.16. The van der Waals surface area contributed by atoms with Crippen molar-refractivity contribution < 1.29 is 0 Å². The maximum absolute atomic E-state index is 12.0. The lowest BCUT2D eigenvalue weighted by molar-refractivity contribution is 0.783. The zero-order valence-electron chi connectivity index (χ0n) is 9.95. The topological polar surface area (TPSA) is 47.8 Å². The molecule has 94 valence electrons. The van der Waals surface area contributed by atoms with E-state index in [4.69, 9.17) is 11.6 Å². The lowest BCUT2D eigenvalue weighted by Gasteiger charge is -2.09. The zero-order valence-corrected chi connectivity index (χ0v) is 10.7. The van der Waals surface area contributed by atoms with Crippen LogP contribution in [0.4, 0.5) is 0 Å². The summed E-state index contributed by atoms with van der Waals surface area (Å²) in [7, 11) is 0. The van der Waals surface area contributed by atoms with Crippen molar-refractivity contribution in [1.82, 2.24) is 14.5 Å². The van der Waals surface area contributed by atoms with Crippen LogP contribution in [0.25, 0.3) is 11.0 Å². The molecular weight excluding hydrogens is 262 g/mol. The van der Waals surface area contributed by atoms with Crippen LogP contribution in [0.3, 0.4) is 0 Å². The van der Waals surface area contributed by atoms with Gasteiger partial charge in [-0.15, -0.1) is 0 Å². The normalized spacial score (nSPS) is 10.8. The van der Waals surface area contributed by atoms with Crippen molar-refractivity contribution in [2.24, 2.45) is 0 Å². The molecule has 0 aliphatic heterocycles. The van der Waals surface area contributed by atoms with Crippen LogP contribution in [-0.4, -0.2) is 14.5 Å². The van der Waals surface area contributed by atoms with Gasteiger partial charge >= 0.3 is 0 Å². The molecule has 0 N–H and O–H groups in total. The number of hydrogen-bond acceptors (Lipinski definition) is 3. The van der Waals surface area contributed by atoms with Gasteiger partial charge in [0.1, 0.15) is 5.15 Å². The molecule has 0 saturated heterocycles. The highest BCUT2D eigenvalue weighted by atomic mass is 35.5. The van der Waals surface area contributed by atoms with Crippen molar-refractivity contribution in [2.45, 2.75) is 6.54 Å².